The molecule has 2 rings (SSSR count). The molecule has 1 aliphatic heterocycles. The minimum Gasteiger partial charge on any atom is -0.496 e. The van der Waals surface area contributed by atoms with E-state index in [9.17, 15) is 0 Å². The fraction of sp³-hybridized carbons (Fsp3) is 0.571. The third kappa shape index (κ3) is 2.07. The van der Waals surface area contributed by atoms with Crippen LogP contribution in [0.3, 0.4) is 0 Å². The summed E-state index contributed by atoms with van der Waals surface area (Å²) in [6, 6.07) is 4.45. The summed E-state index contributed by atoms with van der Waals surface area (Å²) >= 11 is 0. The molecule has 1 atom stereocenters. The van der Waals surface area contributed by atoms with Gasteiger partial charge in [-0.05, 0) is 55.8 Å². The lowest BCUT2D eigenvalue weighted by atomic mass is 9.87. The molecule has 1 aromatic rings. The molecular formula is C14H21NO. The molecule has 0 amide bonds. The van der Waals surface area contributed by atoms with Crippen molar-refractivity contribution in [1.29, 1.82) is 0 Å². The number of benzene rings is 1. The van der Waals surface area contributed by atoms with Crippen molar-refractivity contribution in [2.24, 2.45) is 0 Å². The average molecular weight is 219 g/mol. The Morgan fingerprint density at radius 2 is 2.12 bits per heavy atom. The summed E-state index contributed by atoms with van der Waals surface area (Å²) in [5.41, 5.74) is 4.00. The molecule has 0 spiro atoms. The van der Waals surface area contributed by atoms with Crippen LogP contribution in [0.4, 0.5) is 0 Å². The van der Waals surface area contributed by atoms with Gasteiger partial charge in [0.25, 0.3) is 0 Å². The Morgan fingerprint density at radius 3 is 2.75 bits per heavy atom. The molecule has 1 unspecified atom stereocenters. The molecule has 1 N–H and O–H groups in total. The van der Waals surface area contributed by atoms with Crippen LogP contribution in [0.15, 0.2) is 12.1 Å². The highest BCUT2D eigenvalue weighted by Gasteiger charge is 2.19. The highest BCUT2D eigenvalue weighted by Crippen LogP contribution is 2.33. The summed E-state index contributed by atoms with van der Waals surface area (Å²) in [6.45, 7) is 6.55. The molecule has 88 valence electrons. The maximum atomic E-state index is 5.49. The van der Waals surface area contributed by atoms with Crippen molar-refractivity contribution >= 4 is 0 Å². The molecule has 0 aromatic heterocycles. The van der Waals surface area contributed by atoms with Crippen molar-refractivity contribution in [2.45, 2.75) is 32.6 Å². The second-order valence-corrected chi connectivity index (χ2v) is 4.67. The van der Waals surface area contributed by atoms with Crippen molar-refractivity contribution in [3.8, 4) is 5.75 Å². The lowest BCUT2D eigenvalue weighted by Gasteiger charge is -2.25. The predicted molar refractivity (Wildman–Crippen MR) is 67.3 cm³/mol. The van der Waals surface area contributed by atoms with Crippen LogP contribution in [0.1, 0.15) is 35.4 Å². The first-order chi connectivity index (χ1) is 7.74. The van der Waals surface area contributed by atoms with Crippen LogP contribution < -0.4 is 10.1 Å². The monoisotopic (exact) mass is 219 g/mol. The van der Waals surface area contributed by atoms with Gasteiger partial charge in [0.2, 0.25) is 0 Å². The third-order valence-electron chi connectivity index (χ3n) is 3.59. The first kappa shape index (κ1) is 11.5. The largest absolute Gasteiger partial charge is 0.496 e. The van der Waals surface area contributed by atoms with Gasteiger partial charge in [-0.2, -0.15) is 0 Å². The van der Waals surface area contributed by atoms with Crippen LogP contribution in [-0.2, 0) is 0 Å². The Bertz CT molecular complexity index is 367. The first-order valence-corrected chi connectivity index (χ1v) is 6.09. The van der Waals surface area contributed by atoms with Gasteiger partial charge in [-0.25, -0.2) is 0 Å². The van der Waals surface area contributed by atoms with E-state index in [2.05, 4.69) is 31.3 Å². The van der Waals surface area contributed by atoms with Crippen LogP contribution in [-0.4, -0.2) is 20.2 Å². The second-order valence-electron chi connectivity index (χ2n) is 4.67. The number of methoxy groups -OCH3 is 1. The molecule has 0 radical (unpaired) electrons. The Morgan fingerprint density at radius 1 is 1.31 bits per heavy atom. The summed E-state index contributed by atoms with van der Waals surface area (Å²) in [6.07, 6.45) is 2.57. The van der Waals surface area contributed by atoms with Crippen molar-refractivity contribution in [3.05, 3.63) is 28.8 Å². The van der Waals surface area contributed by atoms with Crippen LogP contribution in [0, 0.1) is 13.8 Å². The smallest absolute Gasteiger partial charge is 0.124 e. The molecule has 2 heteroatoms. The lowest BCUT2D eigenvalue weighted by molar-refractivity contribution is 0.404. The Hall–Kier alpha value is -1.02. The van der Waals surface area contributed by atoms with Crippen molar-refractivity contribution in [2.75, 3.05) is 20.2 Å². The van der Waals surface area contributed by atoms with E-state index in [-0.39, 0.29) is 0 Å². The number of rotatable bonds is 2. The van der Waals surface area contributed by atoms with Crippen molar-refractivity contribution in [1.82, 2.24) is 5.32 Å². The minimum atomic E-state index is 0.656. The second kappa shape index (κ2) is 4.88. The zero-order valence-electron chi connectivity index (χ0n) is 10.5. The number of aryl methyl sites for hydroxylation is 1. The van der Waals surface area contributed by atoms with Gasteiger partial charge in [0.05, 0.1) is 7.11 Å². The average Bonchev–Trinajstić information content (AvgIpc) is 2.31. The fourth-order valence-electron chi connectivity index (χ4n) is 2.72. The van der Waals surface area contributed by atoms with Gasteiger partial charge in [-0.1, -0.05) is 12.1 Å². The molecule has 1 aromatic carbocycles. The molecule has 1 aliphatic rings. The molecule has 2 nitrogen and oxygen atoms in total. The fourth-order valence-corrected chi connectivity index (χ4v) is 2.72. The topological polar surface area (TPSA) is 21.3 Å². The summed E-state index contributed by atoms with van der Waals surface area (Å²) in [5.74, 6) is 1.71. The zero-order chi connectivity index (χ0) is 11.5. The lowest BCUT2D eigenvalue weighted by Crippen LogP contribution is -2.28. The maximum absolute atomic E-state index is 5.49. The van der Waals surface area contributed by atoms with Gasteiger partial charge in [0, 0.05) is 6.54 Å². The molecule has 1 saturated heterocycles. The molecule has 16 heavy (non-hydrogen) atoms. The van der Waals surface area contributed by atoms with E-state index in [0.29, 0.717) is 5.92 Å². The maximum Gasteiger partial charge on any atom is 0.124 e. The summed E-state index contributed by atoms with van der Waals surface area (Å²) < 4.78 is 5.49. The zero-order valence-corrected chi connectivity index (χ0v) is 10.5. The predicted octanol–water partition coefficient (Wildman–Crippen LogP) is 2.78. The van der Waals surface area contributed by atoms with Gasteiger partial charge in [-0.15, -0.1) is 0 Å². The summed E-state index contributed by atoms with van der Waals surface area (Å²) in [5, 5.41) is 3.47. The Balaban J connectivity index is 2.33. The SMILES string of the molecule is COc1c(C)ccc(C2CCCNC2)c1C. The number of hydrogen-bond acceptors (Lipinski definition) is 2. The van der Waals surface area contributed by atoms with Gasteiger partial charge in [0.1, 0.15) is 5.75 Å². The number of nitrogens with one attached hydrogen (secondary N) is 1. The van der Waals surface area contributed by atoms with Gasteiger partial charge in [0.15, 0.2) is 0 Å². The van der Waals surface area contributed by atoms with Crippen LogP contribution in [0.25, 0.3) is 0 Å². The highest BCUT2D eigenvalue weighted by molar-refractivity contribution is 5.46. The molecule has 1 heterocycles. The summed E-state index contributed by atoms with van der Waals surface area (Å²) in [4.78, 5) is 0. The van der Waals surface area contributed by atoms with E-state index < -0.39 is 0 Å². The van der Waals surface area contributed by atoms with E-state index in [0.717, 1.165) is 12.3 Å². The number of piperidine rings is 1. The molecule has 0 saturated carbocycles. The molecule has 0 bridgehead atoms. The quantitative estimate of drug-likeness (QED) is 0.826. The molecule has 0 aliphatic carbocycles. The van der Waals surface area contributed by atoms with Crippen molar-refractivity contribution in [3.63, 3.8) is 0 Å². The number of ether oxygens (including phenoxy) is 1. The van der Waals surface area contributed by atoms with E-state index in [1.807, 2.05) is 0 Å². The minimum absolute atomic E-state index is 0.656. The van der Waals surface area contributed by atoms with E-state index >= 15 is 0 Å². The Kier molecular flexibility index (Phi) is 3.49. The van der Waals surface area contributed by atoms with Crippen molar-refractivity contribution < 1.29 is 4.74 Å². The van der Waals surface area contributed by atoms with Crippen LogP contribution in [0.5, 0.6) is 5.75 Å². The Labute approximate surface area is 98.0 Å². The summed E-state index contributed by atoms with van der Waals surface area (Å²) in [7, 11) is 1.76. The van der Waals surface area contributed by atoms with Gasteiger partial charge < -0.3 is 10.1 Å². The third-order valence-corrected chi connectivity index (χ3v) is 3.59. The number of hydrogen-bond donors (Lipinski definition) is 1. The van der Waals surface area contributed by atoms with E-state index in [1.54, 1.807) is 7.11 Å². The highest BCUT2D eigenvalue weighted by atomic mass is 16.5. The van der Waals surface area contributed by atoms with Crippen LogP contribution in [0.2, 0.25) is 0 Å². The standard InChI is InChI=1S/C14H21NO/c1-10-6-7-13(11(2)14(10)16-3)12-5-4-8-15-9-12/h6-7,12,15H,4-5,8-9H2,1-3H3. The normalized spacial score (nSPS) is 20.8. The molecule has 1 fully saturated rings. The van der Waals surface area contributed by atoms with Gasteiger partial charge in [-0.3, -0.25) is 0 Å². The van der Waals surface area contributed by atoms with Crippen LogP contribution >= 0.6 is 0 Å². The van der Waals surface area contributed by atoms with Gasteiger partial charge >= 0.3 is 0 Å². The van der Waals surface area contributed by atoms with E-state index in [1.165, 1.54) is 36.1 Å². The first-order valence-electron chi connectivity index (χ1n) is 6.09. The molecular weight excluding hydrogens is 198 g/mol. The van der Waals surface area contributed by atoms with E-state index in [4.69, 9.17) is 4.74 Å².